The molecular formula is C18H26N6O2. The lowest BCUT2D eigenvalue weighted by molar-refractivity contribution is -0.121. The van der Waals surface area contributed by atoms with Crippen molar-refractivity contribution >= 4 is 17.7 Å². The van der Waals surface area contributed by atoms with Crippen LogP contribution < -0.4 is 10.2 Å². The van der Waals surface area contributed by atoms with Crippen LogP contribution in [-0.4, -0.2) is 58.2 Å². The van der Waals surface area contributed by atoms with E-state index in [1.165, 1.54) is 0 Å². The normalized spacial score (nSPS) is 16.5. The Labute approximate surface area is 153 Å². The number of hydrogen-bond acceptors (Lipinski definition) is 7. The molecule has 3 rings (SSSR count). The number of carbonyl (C=O) groups excluding carboxylic acids is 1. The summed E-state index contributed by atoms with van der Waals surface area (Å²) < 4.78 is 5.04. The molecule has 2 aromatic rings. The van der Waals surface area contributed by atoms with Gasteiger partial charge in [-0.2, -0.15) is 0 Å². The number of aromatic nitrogens is 3. The van der Waals surface area contributed by atoms with Crippen LogP contribution in [0.3, 0.4) is 0 Å². The average Bonchev–Trinajstić information content (AvgIpc) is 3.08. The number of aryl methyl sites for hydroxylation is 1. The molecule has 1 unspecified atom stereocenters. The third-order valence-corrected chi connectivity index (χ3v) is 4.60. The third-order valence-electron chi connectivity index (χ3n) is 4.60. The highest BCUT2D eigenvalue weighted by Crippen LogP contribution is 2.17. The van der Waals surface area contributed by atoms with Gasteiger partial charge < -0.3 is 14.7 Å². The van der Waals surface area contributed by atoms with Crippen molar-refractivity contribution < 1.29 is 9.32 Å². The molecule has 140 valence electrons. The summed E-state index contributed by atoms with van der Waals surface area (Å²) in [5.74, 6) is 1.89. The highest BCUT2D eigenvalue weighted by molar-refractivity contribution is 5.94. The molecule has 1 atom stereocenters. The Hall–Kier alpha value is -2.48. The van der Waals surface area contributed by atoms with Gasteiger partial charge >= 0.3 is 0 Å². The Kier molecular flexibility index (Phi) is 6.17. The molecule has 8 nitrogen and oxygen atoms in total. The van der Waals surface area contributed by atoms with E-state index in [4.69, 9.17) is 4.52 Å². The highest BCUT2D eigenvalue weighted by Gasteiger charge is 2.29. The number of hydrogen-bond donors (Lipinski definition) is 1. The topological polar surface area (TPSA) is 87.4 Å². The first-order valence-electron chi connectivity index (χ1n) is 9.17. The van der Waals surface area contributed by atoms with Crippen molar-refractivity contribution in [3.8, 4) is 0 Å². The Morgan fingerprint density at radius 1 is 1.27 bits per heavy atom. The fourth-order valence-electron chi connectivity index (χ4n) is 3.20. The van der Waals surface area contributed by atoms with Crippen molar-refractivity contribution in [1.82, 2.24) is 20.0 Å². The second kappa shape index (κ2) is 8.75. The Balaban J connectivity index is 1.61. The molecule has 0 aliphatic carbocycles. The van der Waals surface area contributed by atoms with Crippen molar-refractivity contribution in [2.45, 2.75) is 39.2 Å². The maximum absolute atomic E-state index is 12.8. The van der Waals surface area contributed by atoms with Gasteiger partial charge in [0.15, 0.2) is 5.82 Å². The van der Waals surface area contributed by atoms with Gasteiger partial charge in [-0.25, -0.2) is 9.97 Å². The summed E-state index contributed by atoms with van der Waals surface area (Å²) in [5.41, 5.74) is 0. The van der Waals surface area contributed by atoms with Crippen molar-refractivity contribution in [3.05, 3.63) is 30.3 Å². The first kappa shape index (κ1) is 18.3. The van der Waals surface area contributed by atoms with E-state index >= 15 is 0 Å². The average molecular weight is 358 g/mol. The lowest BCUT2D eigenvalue weighted by atomic mass is 10.1. The van der Waals surface area contributed by atoms with E-state index in [1.54, 1.807) is 18.5 Å². The zero-order chi connectivity index (χ0) is 18.4. The van der Waals surface area contributed by atoms with E-state index in [9.17, 15) is 4.79 Å². The molecule has 1 aliphatic rings. The molecular weight excluding hydrogens is 332 g/mol. The molecule has 8 heteroatoms. The van der Waals surface area contributed by atoms with Crippen molar-refractivity contribution in [3.63, 3.8) is 0 Å². The molecule has 1 saturated heterocycles. The van der Waals surface area contributed by atoms with Crippen molar-refractivity contribution in [2.75, 3.05) is 36.4 Å². The van der Waals surface area contributed by atoms with Gasteiger partial charge in [0.2, 0.25) is 11.9 Å². The number of rotatable bonds is 7. The van der Waals surface area contributed by atoms with Crippen LogP contribution in [0.25, 0.3) is 0 Å². The van der Waals surface area contributed by atoms with Gasteiger partial charge in [-0.3, -0.25) is 9.69 Å². The van der Waals surface area contributed by atoms with Crippen LogP contribution in [0.15, 0.2) is 29.0 Å². The molecule has 0 bridgehead atoms. The van der Waals surface area contributed by atoms with Crippen LogP contribution in [0.5, 0.6) is 0 Å². The Morgan fingerprint density at radius 3 is 2.62 bits per heavy atom. The maximum atomic E-state index is 12.8. The minimum absolute atomic E-state index is 0.0174. The standard InChI is InChI=1S/C18H26N6O2/c1-3-4-6-15(17(25)21-16-13-14(2)26-22-16)23-9-11-24(12-10-23)18-19-7-5-8-20-18/h5,7-8,13,15H,3-4,6,9-12H2,1-2H3,(H,21,22,25). The van der Waals surface area contributed by atoms with Gasteiger partial charge in [0.25, 0.3) is 0 Å². The van der Waals surface area contributed by atoms with Gasteiger partial charge in [0, 0.05) is 44.6 Å². The predicted octanol–water partition coefficient (Wildman–Crippen LogP) is 2.09. The van der Waals surface area contributed by atoms with Crippen molar-refractivity contribution in [1.29, 1.82) is 0 Å². The van der Waals surface area contributed by atoms with E-state index < -0.39 is 0 Å². The molecule has 2 aromatic heterocycles. The van der Waals surface area contributed by atoms with Gasteiger partial charge in [-0.05, 0) is 19.4 Å². The number of carbonyl (C=O) groups is 1. The van der Waals surface area contributed by atoms with Gasteiger partial charge in [-0.15, -0.1) is 0 Å². The molecule has 1 N–H and O–H groups in total. The van der Waals surface area contributed by atoms with Crippen LogP contribution in [0.2, 0.25) is 0 Å². The number of nitrogens with zero attached hydrogens (tertiary/aromatic N) is 5. The number of nitrogens with one attached hydrogen (secondary N) is 1. The third kappa shape index (κ3) is 4.57. The Bertz CT molecular complexity index is 697. The fraction of sp³-hybridized carbons (Fsp3) is 0.556. The minimum Gasteiger partial charge on any atom is -0.360 e. The van der Waals surface area contributed by atoms with E-state index in [1.807, 2.05) is 13.0 Å². The molecule has 3 heterocycles. The summed E-state index contributed by atoms with van der Waals surface area (Å²) in [6, 6.07) is 3.39. The minimum atomic E-state index is -0.161. The zero-order valence-corrected chi connectivity index (χ0v) is 15.4. The molecule has 0 aromatic carbocycles. The van der Waals surface area contributed by atoms with Crippen molar-refractivity contribution in [2.24, 2.45) is 0 Å². The van der Waals surface area contributed by atoms with Gasteiger partial charge in [0.05, 0.1) is 6.04 Å². The van der Waals surface area contributed by atoms with E-state index in [-0.39, 0.29) is 11.9 Å². The molecule has 0 spiro atoms. The number of amides is 1. The predicted molar refractivity (Wildman–Crippen MR) is 99.0 cm³/mol. The monoisotopic (exact) mass is 358 g/mol. The Morgan fingerprint density at radius 2 is 2.00 bits per heavy atom. The van der Waals surface area contributed by atoms with Crippen LogP contribution in [-0.2, 0) is 4.79 Å². The zero-order valence-electron chi connectivity index (χ0n) is 15.4. The number of unbranched alkanes of at least 4 members (excludes halogenated alkanes) is 1. The van der Waals surface area contributed by atoms with E-state index in [0.717, 1.165) is 51.4 Å². The van der Waals surface area contributed by atoms with Crippen LogP contribution in [0, 0.1) is 6.92 Å². The number of anilines is 2. The molecule has 0 saturated carbocycles. The first-order chi connectivity index (χ1) is 12.7. The SMILES string of the molecule is CCCCC(C(=O)Nc1cc(C)on1)N1CCN(c2ncccn2)CC1. The van der Waals surface area contributed by atoms with E-state index in [2.05, 4.69) is 37.2 Å². The summed E-state index contributed by atoms with van der Waals surface area (Å²) in [6.45, 7) is 7.17. The summed E-state index contributed by atoms with van der Waals surface area (Å²) in [4.78, 5) is 25.8. The maximum Gasteiger partial charge on any atom is 0.242 e. The molecule has 0 radical (unpaired) electrons. The second-order valence-corrected chi connectivity index (χ2v) is 6.54. The first-order valence-corrected chi connectivity index (χ1v) is 9.17. The highest BCUT2D eigenvalue weighted by atomic mass is 16.5. The molecule has 1 aliphatic heterocycles. The van der Waals surface area contributed by atoms with Crippen LogP contribution in [0.1, 0.15) is 31.9 Å². The molecule has 26 heavy (non-hydrogen) atoms. The van der Waals surface area contributed by atoms with E-state index in [0.29, 0.717) is 11.6 Å². The quantitative estimate of drug-likeness (QED) is 0.811. The largest absolute Gasteiger partial charge is 0.360 e. The smallest absolute Gasteiger partial charge is 0.242 e. The summed E-state index contributed by atoms with van der Waals surface area (Å²) in [7, 11) is 0. The van der Waals surface area contributed by atoms with Crippen LogP contribution >= 0.6 is 0 Å². The van der Waals surface area contributed by atoms with Crippen LogP contribution in [0.4, 0.5) is 11.8 Å². The second-order valence-electron chi connectivity index (χ2n) is 6.54. The van der Waals surface area contributed by atoms with Gasteiger partial charge in [-0.1, -0.05) is 24.9 Å². The number of piperazine rings is 1. The molecule has 1 amide bonds. The fourth-order valence-corrected chi connectivity index (χ4v) is 3.20. The summed E-state index contributed by atoms with van der Waals surface area (Å²) in [6.07, 6.45) is 6.42. The summed E-state index contributed by atoms with van der Waals surface area (Å²) >= 11 is 0. The molecule has 1 fully saturated rings. The summed E-state index contributed by atoms with van der Waals surface area (Å²) in [5, 5.41) is 6.75. The lowest BCUT2D eigenvalue weighted by Crippen LogP contribution is -2.54. The lowest BCUT2D eigenvalue weighted by Gasteiger charge is -2.38. The van der Waals surface area contributed by atoms with Gasteiger partial charge in [0.1, 0.15) is 5.76 Å².